The summed E-state index contributed by atoms with van der Waals surface area (Å²) in [5.74, 6) is -1.79. The molecular formula is C27H34FN3O6S. The van der Waals surface area contributed by atoms with Gasteiger partial charge in [0, 0.05) is 48.4 Å². The number of amides is 2. The third kappa shape index (κ3) is 6.89. The second-order valence-electron chi connectivity index (χ2n) is 10.5. The van der Waals surface area contributed by atoms with Gasteiger partial charge >= 0.3 is 5.97 Å². The summed E-state index contributed by atoms with van der Waals surface area (Å²) in [6, 6.07) is 4.01. The number of ether oxygens (including phenoxy) is 3. The molecule has 0 radical (unpaired) electrons. The van der Waals surface area contributed by atoms with Crippen LogP contribution in [0.1, 0.15) is 60.0 Å². The molecule has 0 bridgehead atoms. The molecular weight excluding hydrogens is 513 g/mol. The number of hydrogen-bond donors (Lipinski definition) is 1. The number of benzene rings is 1. The molecule has 2 aromatic rings. The predicted octanol–water partition coefficient (Wildman–Crippen LogP) is 3.23. The molecule has 2 amide bonds. The predicted molar refractivity (Wildman–Crippen MR) is 139 cm³/mol. The highest BCUT2D eigenvalue weighted by Gasteiger charge is 2.38. The lowest BCUT2D eigenvalue weighted by molar-refractivity contribution is -0.155. The number of fused-ring (bicyclic) bond motifs is 1. The van der Waals surface area contributed by atoms with E-state index < -0.39 is 29.3 Å². The average molecular weight is 548 g/mol. The van der Waals surface area contributed by atoms with E-state index in [-0.39, 0.29) is 37.6 Å². The zero-order chi connectivity index (χ0) is 27.4. The Labute approximate surface area is 225 Å². The van der Waals surface area contributed by atoms with Crippen LogP contribution >= 0.6 is 11.3 Å². The first-order valence-corrected chi connectivity index (χ1v) is 13.5. The average Bonchev–Trinajstić information content (AvgIpc) is 3.38. The highest BCUT2D eigenvalue weighted by Crippen LogP contribution is 2.34. The Morgan fingerprint density at radius 3 is 2.63 bits per heavy atom. The number of nitrogens with zero attached hydrogens (tertiary/aromatic N) is 2. The molecule has 9 nitrogen and oxygen atoms in total. The highest BCUT2D eigenvalue weighted by atomic mass is 32.1. The second kappa shape index (κ2) is 11.8. The van der Waals surface area contributed by atoms with E-state index in [2.05, 4.69) is 4.90 Å². The fourth-order valence-corrected chi connectivity index (χ4v) is 5.51. The van der Waals surface area contributed by atoms with Gasteiger partial charge in [-0.15, -0.1) is 11.3 Å². The Balaban J connectivity index is 1.37. The van der Waals surface area contributed by atoms with Gasteiger partial charge in [0.2, 0.25) is 5.91 Å². The minimum absolute atomic E-state index is 0.0434. The van der Waals surface area contributed by atoms with Crippen LogP contribution in [0.15, 0.2) is 23.6 Å². The van der Waals surface area contributed by atoms with Crippen LogP contribution < -0.4 is 10.5 Å². The first kappa shape index (κ1) is 28.0. The molecule has 2 aliphatic heterocycles. The summed E-state index contributed by atoms with van der Waals surface area (Å²) in [5, 5.41) is 1.71. The van der Waals surface area contributed by atoms with Crippen molar-refractivity contribution < 1.29 is 33.0 Å². The number of halogens is 1. The van der Waals surface area contributed by atoms with Gasteiger partial charge in [0.15, 0.2) is 11.6 Å². The molecule has 11 heteroatoms. The van der Waals surface area contributed by atoms with Gasteiger partial charge in [0.1, 0.15) is 18.2 Å². The maximum atomic E-state index is 14.8. The van der Waals surface area contributed by atoms with Crippen LogP contribution in [0.2, 0.25) is 0 Å². The zero-order valence-corrected chi connectivity index (χ0v) is 22.8. The summed E-state index contributed by atoms with van der Waals surface area (Å²) < 4.78 is 31.2. The quantitative estimate of drug-likeness (QED) is 0.455. The van der Waals surface area contributed by atoms with Crippen molar-refractivity contribution in [1.29, 1.82) is 0 Å². The highest BCUT2D eigenvalue weighted by molar-refractivity contribution is 7.10. The Morgan fingerprint density at radius 1 is 1.24 bits per heavy atom. The molecule has 3 heterocycles. The lowest BCUT2D eigenvalue weighted by Crippen LogP contribution is -2.45. The smallest absolute Gasteiger partial charge is 0.306 e. The first-order chi connectivity index (χ1) is 18.0. The molecule has 1 aromatic heterocycles. The number of primary amides is 1. The third-order valence-corrected chi connectivity index (χ3v) is 7.41. The maximum Gasteiger partial charge on any atom is 0.306 e. The van der Waals surface area contributed by atoms with Crippen LogP contribution in [0.3, 0.4) is 0 Å². The first-order valence-electron chi connectivity index (χ1n) is 12.6. The molecule has 1 saturated heterocycles. The largest absolute Gasteiger partial charge is 0.485 e. The van der Waals surface area contributed by atoms with E-state index in [1.807, 2.05) is 6.07 Å². The molecule has 2 aliphatic rings. The molecule has 4 rings (SSSR count). The van der Waals surface area contributed by atoms with E-state index >= 15 is 0 Å². The van der Waals surface area contributed by atoms with Crippen molar-refractivity contribution in [3.05, 3.63) is 51.0 Å². The van der Waals surface area contributed by atoms with Crippen molar-refractivity contribution in [3.63, 3.8) is 0 Å². The number of thiophene rings is 1. The third-order valence-electron chi connectivity index (χ3n) is 6.41. The normalized spacial score (nSPS) is 16.8. The molecule has 38 heavy (non-hydrogen) atoms. The SMILES string of the molecule is CC(C)(C)OC(=O)CC[C@@H](C(N)=O)N1Cc2c(csc2COc2ccc(CN3CCOCC3)cc2F)C1=O. The monoisotopic (exact) mass is 547 g/mol. The number of esters is 1. The molecule has 0 unspecified atom stereocenters. The number of morpholine rings is 1. The number of hydrogen-bond acceptors (Lipinski definition) is 8. The van der Waals surface area contributed by atoms with Gasteiger partial charge in [-0.05, 0) is 44.9 Å². The lowest BCUT2D eigenvalue weighted by atomic mass is 10.1. The molecule has 0 aliphatic carbocycles. The van der Waals surface area contributed by atoms with Crippen LogP contribution in [0.25, 0.3) is 0 Å². The summed E-state index contributed by atoms with van der Waals surface area (Å²) in [5.41, 5.74) is 7.01. The van der Waals surface area contributed by atoms with Gasteiger partial charge in [-0.3, -0.25) is 19.3 Å². The van der Waals surface area contributed by atoms with Crippen molar-refractivity contribution in [2.24, 2.45) is 5.73 Å². The Hall–Kier alpha value is -3.02. The van der Waals surface area contributed by atoms with Crippen molar-refractivity contribution >= 4 is 29.1 Å². The van der Waals surface area contributed by atoms with E-state index in [9.17, 15) is 18.8 Å². The Kier molecular flexibility index (Phi) is 8.69. The second-order valence-corrected chi connectivity index (χ2v) is 11.4. The standard InChI is InChI=1S/C27H34FN3O6S/c1-27(2,3)37-24(32)7-5-21(25(29)33)31-14-18-19(26(31)34)16-38-23(18)15-36-22-6-4-17(12-20(22)28)13-30-8-10-35-11-9-30/h4,6,12,16,21H,5,7-11,13-15H2,1-3H3,(H2,29,33)/t21-/m0/s1. The fraction of sp³-hybridized carbons (Fsp3) is 0.519. The molecule has 1 fully saturated rings. The van der Waals surface area contributed by atoms with Gasteiger partial charge in [0.25, 0.3) is 5.91 Å². The van der Waals surface area contributed by atoms with E-state index in [1.165, 1.54) is 22.3 Å². The van der Waals surface area contributed by atoms with Crippen molar-refractivity contribution in [2.45, 2.75) is 65.0 Å². The van der Waals surface area contributed by atoms with Gasteiger partial charge in [0.05, 0.1) is 18.8 Å². The Morgan fingerprint density at radius 2 is 1.97 bits per heavy atom. The minimum atomic E-state index is -0.947. The van der Waals surface area contributed by atoms with E-state index in [1.54, 1.807) is 32.2 Å². The lowest BCUT2D eigenvalue weighted by Gasteiger charge is -2.26. The van der Waals surface area contributed by atoms with Crippen molar-refractivity contribution in [2.75, 3.05) is 26.3 Å². The molecule has 0 saturated carbocycles. The minimum Gasteiger partial charge on any atom is -0.485 e. The van der Waals surface area contributed by atoms with Crippen LogP contribution in [-0.4, -0.2) is 65.5 Å². The summed E-state index contributed by atoms with van der Waals surface area (Å²) in [4.78, 5) is 41.8. The number of carbonyl (C=O) groups excluding carboxylic acids is 3. The summed E-state index contributed by atoms with van der Waals surface area (Å²) in [7, 11) is 0. The van der Waals surface area contributed by atoms with Crippen LogP contribution in [0.4, 0.5) is 4.39 Å². The fourth-order valence-electron chi connectivity index (χ4n) is 4.56. The van der Waals surface area contributed by atoms with Crippen LogP contribution in [0, 0.1) is 5.82 Å². The van der Waals surface area contributed by atoms with E-state index in [4.69, 9.17) is 19.9 Å². The van der Waals surface area contributed by atoms with Gasteiger partial charge in [-0.25, -0.2) is 4.39 Å². The molecule has 2 N–H and O–H groups in total. The van der Waals surface area contributed by atoms with Crippen molar-refractivity contribution in [3.8, 4) is 5.75 Å². The maximum absolute atomic E-state index is 14.8. The van der Waals surface area contributed by atoms with Gasteiger partial charge in [-0.2, -0.15) is 0 Å². The number of rotatable bonds is 10. The molecule has 206 valence electrons. The van der Waals surface area contributed by atoms with Gasteiger partial charge in [-0.1, -0.05) is 6.07 Å². The number of nitrogens with two attached hydrogens (primary N) is 1. The Bertz CT molecular complexity index is 1190. The summed E-state index contributed by atoms with van der Waals surface area (Å²) in [6.45, 7) is 9.16. The van der Waals surface area contributed by atoms with Gasteiger partial charge < -0.3 is 24.8 Å². The van der Waals surface area contributed by atoms with Crippen LogP contribution in [0.5, 0.6) is 5.75 Å². The van der Waals surface area contributed by atoms with E-state index in [0.29, 0.717) is 25.3 Å². The van der Waals surface area contributed by atoms with Crippen LogP contribution in [-0.2, 0) is 38.8 Å². The number of carbonyl (C=O) groups is 3. The zero-order valence-electron chi connectivity index (χ0n) is 22.0. The molecule has 0 spiro atoms. The molecule has 1 aromatic carbocycles. The summed E-state index contributed by atoms with van der Waals surface area (Å²) in [6.07, 6.45) is 0.0236. The summed E-state index contributed by atoms with van der Waals surface area (Å²) >= 11 is 1.35. The van der Waals surface area contributed by atoms with E-state index in [0.717, 1.165) is 29.1 Å². The topological polar surface area (TPSA) is 111 Å². The van der Waals surface area contributed by atoms with Crippen molar-refractivity contribution in [1.82, 2.24) is 9.80 Å². The molecule has 1 atom stereocenters.